The first kappa shape index (κ1) is 36.3. The summed E-state index contributed by atoms with van der Waals surface area (Å²) in [6.07, 6.45) is 0.167. The van der Waals surface area contributed by atoms with Crippen LogP contribution in [-0.4, -0.2) is 43.3 Å². The van der Waals surface area contributed by atoms with Crippen molar-refractivity contribution in [3.8, 4) is 0 Å². The van der Waals surface area contributed by atoms with E-state index in [1.165, 1.54) is 17.0 Å². The van der Waals surface area contributed by atoms with Crippen LogP contribution in [0.25, 0.3) is 0 Å². The van der Waals surface area contributed by atoms with Crippen LogP contribution >= 0.6 is 34.8 Å². The Morgan fingerprint density at radius 1 is 0.830 bits per heavy atom. The molecule has 11 heteroatoms. The number of sulfonamides is 1. The summed E-state index contributed by atoms with van der Waals surface area (Å²) in [5, 5.41) is 4.07. The van der Waals surface area contributed by atoms with Gasteiger partial charge in [0.15, 0.2) is 0 Å². The topological polar surface area (TPSA) is 86.8 Å². The number of hydrogen-bond acceptors (Lipinski definition) is 4. The van der Waals surface area contributed by atoms with Crippen molar-refractivity contribution in [2.75, 3.05) is 10.8 Å². The van der Waals surface area contributed by atoms with Crippen molar-refractivity contribution in [1.82, 2.24) is 10.2 Å². The second kappa shape index (κ2) is 15.1. The molecule has 0 bridgehead atoms. The van der Waals surface area contributed by atoms with Crippen molar-refractivity contribution in [1.29, 1.82) is 0 Å². The lowest BCUT2D eigenvalue weighted by molar-refractivity contribution is -0.140. The lowest BCUT2D eigenvalue weighted by Crippen LogP contribution is -2.56. The van der Waals surface area contributed by atoms with Crippen LogP contribution < -0.4 is 9.62 Å². The van der Waals surface area contributed by atoms with Crippen LogP contribution in [0.15, 0.2) is 95.9 Å². The molecule has 0 aliphatic heterocycles. The highest BCUT2D eigenvalue weighted by Gasteiger charge is 2.36. The molecule has 0 spiro atoms. The first-order chi connectivity index (χ1) is 22.1. The van der Waals surface area contributed by atoms with Crippen molar-refractivity contribution in [2.24, 2.45) is 0 Å². The quantitative estimate of drug-likeness (QED) is 0.171. The van der Waals surface area contributed by atoms with Gasteiger partial charge in [-0.25, -0.2) is 8.42 Å². The molecule has 0 heterocycles. The third-order valence-electron chi connectivity index (χ3n) is 7.52. The molecule has 7 nitrogen and oxygen atoms in total. The predicted octanol–water partition coefficient (Wildman–Crippen LogP) is 8.01. The summed E-state index contributed by atoms with van der Waals surface area (Å²) >= 11 is 19.2. The molecule has 1 N–H and O–H groups in total. The van der Waals surface area contributed by atoms with Crippen LogP contribution in [0.2, 0.25) is 15.1 Å². The number of rotatable bonds is 11. The second-order valence-corrected chi connectivity index (χ2v) is 15.5. The van der Waals surface area contributed by atoms with E-state index in [1.807, 2.05) is 58.0 Å². The van der Waals surface area contributed by atoms with Crippen molar-refractivity contribution in [2.45, 2.75) is 64.1 Å². The Bertz CT molecular complexity index is 1840. The molecule has 4 aromatic carbocycles. The smallest absolute Gasteiger partial charge is 0.264 e. The molecule has 1 atom stereocenters. The lowest BCUT2D eigenvalue weighted by atomic mass is 10.0. The van der Waals surface area contributed by atoms with Crippen molar-refractivity contribution in [3.05, 3.63) is 128 Å². The number of anilines is 1. The first-order valence-electron chi connectivity index (χ1n) is 15.0. The summed E-state index contributed by atoms with van der Waals surface area (Å²) in [5.74, 6) is -1.01. The summed E-state index contributed by atoms with van der Waals surface area (Å²) in [7, 11) is -4.28. The SMILES string of the molecule is Cc1ccc(S(=O)(=O)N(CC(=O)N(Cc2ccc(Cl)cc2Cl)[C@H](Cc2ccccc2)C(=O)NC(C)(C)C)c2cccc(Cl)c2C)cc1. The van der Waals surface area contributed by atoms with Crippen LogP contribution in [0.3, 0.4) is 0 Å². The maximum Gasteiger partial charge on any atom is 0.264 e. The van der Waals surface area contributed by atoms with Gasteiger partial charge in [-0.1, -0.05) is 95.0 Å². The molecule has 4 aromatic rings. The van der Waals surface area contributed by atoms with E-state index in [0.717, 1.165) is 15.4 Å². The monoisotopic (exact) mass is 713 g/mol. The Morgan fingerprint density at radius 2 is 1.49 bits per heavy atom. The van der Waals surface area contributed by atoms with Gasteiger partial charge in [-0.2, -0.15) is 0 Å². The Hall–Kier alpha value is -3.56. The van der Waals surface area contributed by atoms with E-state index in [-0.39, 0.29) is 23.5 Å². The van der Waals surface area contributed by atoms with E-state index in [0.29, 0.717) is 26.2 Å². The number of amides is 2. The molecule has 0 saturated carbocycles. The summed E-state index contributed by atoms with van der Waals surface area (Å²) in [5.41, 5.74) is 2.35. The number of aryl methyl sites for hydroxylation is 1. The Balaban J connectivity index is 1.87. The molecule has 0 aromatic heterocycles. The molecule has 4 rings (SSSR count). The standard InChI is InChI=1S/C36H38Cl3N3O4S/c1-24-14-18-29(19-15-24)47(45,46)42(32-13-9-12-30(38)25(32)2)23-34(43)41(22-27-16-17-28(37)21-31(27)39)33(35(44)40-36(3,4)5)20-26-10-7-6-8-11-26/h6-19,21,33H,20,22-23H2,1-5H3,(H,40,44)/t33-/m1/s1. The zero-order valence-corrected chi connectivity index (χ0v) is 30.0. The number of halogens is 3. The summed E-state index contributed by atoms with van der Waals surface area (Å²) in [6.45, 7) is 8.40. The van der Waals surface area contributed by atoms with E-state index >= 15 is 0 Å². The highest BCUT2D eigenvalue weighted by molar-refractivity contribution is 7.92. The molecule has 0 unspecified atom stereocenters. The van der Waals surface area contributed by atoms with Gasteiger partial charge < -0.3 is 10.2 Å². The number of carbonyl (C=O) groups excluding carboxylic acids is 2. The molecule has 0 fully saturated rings. The summed E-state index contributed by atoms with van der Waals surface area (Å²) in [6, 6.07) is 24.5. The van der Waals surface area contributed by atoms with Crippen LogP contribution in [0.1, 0.15) is 43.0 Å². The molecular formula is C36H38Cl3N3O4S. The predicted molar refractivity (Wildman–Crippen MR) is 191 cm³/mol. The second-order valence-electron chi connectivity index (χ2n) is 12.4. The van der Waals surface area contributed by atoms with Crippen molar-refractivity contribution >= 4 is 62.3 Å². The fourth-order valence-corrected chi connectivity index (χ4v) is 7.17. The van der Waals surface area contributed by atoms with Gasteiger partial charge in [0.05, 0.1) is 10.6 Å². The Labute approximate surface area is 292 Å². The first-order valence-corrected chi connectivity index (χ1v) is 17.6. The number of nitrogens with one attached hydrogen (secondary N) is 1. The summed E-state index contributed by atoms with van der Waals surface area (Å²) < 4.78 is 29.6. The van der Waals surface area contributed by atoms with Crippen molar-refractivity contribution in [3.63, 3.8) is 0 Å². The normalized spacial score (nSPS) is 12.3. The highest BCUT2D eigenvalue weighted by Crippen LogP contribution is 2.32. The fraction of sp³-hybridized carbons (Fsp3) is 0.278. The average molecular weight is 715 g/mol. The third-order valence-corrected chi connectivity index (χ3v) is 10.3. The minimum atomic E-state index is -4.28. The minimum Gasteiger partial charge on any atom is -0.350 e. The molecule has 2 amide bonds. The van der Waals surface area contributed by atoms with Gasteiger partial charge in [0.25, 0.3) is 10.0 Å². The van der Waals surface area contributed by atoms with Gasteiger partial charge in [-0.15, -0.1) is 0 Å². The third kappa shape index (κ3) is 9.29. The average Bonchev–Trinajstić information content (AvgIpc) is 3.00. The molecule has 0 aliphatic rings. The van der Waals surface area contributed by atoms with Gasteiger partial charge in [0, 0.05) is 33.6 Å². The molecule has 0 radical (unpaired) electrons. The number of hydrogen-bond donors (Lipinski definition) is 1. The molecule has 47 heavy (non-hydrogen) atoms. The van der Waals surface area contributed by atoms with Gasteiger partial charge >= 0.3 is 0 Å². The van der Waals surface area contributed by atoms with E-state index in [9.17, 15) is 18.0 Å². The number of benzene rings is 4. The molecular weight excluding hydrogens is 677 g/mol. The van der Waals surface area contributed by atoms with Crippen LogP contribution in [0.4, 0.5) is 5.69 Å². The van der Waals surface area contributed by atoms with Crippen molar-refractivity contribution < 1.29 is 18.0 Å². The minimum absolute atomic E-state index is 0.00822. The van der Waals surface area contributed by atoms with E-state index in [2.05, 4.69) is 5.32 Å². The number of carbonyl (C=O) groups is 2. The zero-order chi connectivity index (χ0) is 34.5. The van der Waals surface area contributed by atoms with E-state index < -0.39 is 40.0 Å². The van der Waals surface area contributed by atoms with Crippen LogP contribution in [-0.2, 0) is 32.6 Å². The largest absolute Gasteiger partial charge is 0.350 e. The Morgan fingerprint density at radius 3 is 2.11 bits per heavy atom. The molecule has 248 valence electrons. The Kier molecular flexibility index (Phi) is 11.7. The lowest BCUT2D eigenvalue weighted by Gasteiger charge is -2.35. The van der Waals surface area contributed by atoms with Gasteiger partial charge in [0.2, 0.25) is 11.8 Å². The van der Waals surface area contributed by atoms with Crippen LogP contribution in [0, 0.1) is 13.8 Å². The van der Waals surface area contributed by atoms with Gasteiger partial charge in [0.1, 0.15) is 12.6 Å². The fourth-order valence-electron chi connectivity index (χ4n) is 5.06. The van der Waals surface area contributed by atoms with Gasteiger partial charge in [-0.3, -0.25) is 13.9 Å². The molecule has 0 aliphatic carbocycles. The highest BCUT2D eigenvalue weighted by atomic mass is 35.5. The maximum absolute atomic E-state index is 14.7. The zero-order valence-electron chi connectivity index (χ0n) is 26.9. The van der Waals surface area contributed by atoms with E-state index in [4.69, 9.17) is 34.8 Å². The maximum atomic E-state index is 14.7. The summed E-state index contributed by atoms with van der Waals surface area (Å²) in [4.78, 5) is 30.1. The van der Waals surface area contributed by atoms with E-state index in [1.54, 1.807) is 55.5 Å². The van der Waals surface area contributed by atoms with Gasteiger partial charge in [-0.05, 0) is 87.7 Å². The molecule has 0 saturated heterocycles. The van der Waals surface area contributed by atoms with Crippen LogP contribution in [0.5, 0.6) is 0 Å². The number of nitrogens with zero attached hydrogens (tertiary/aromatic N) is 2.